The summed E-state index contributed by atoms with van der Waals surface area (Å²) in [4.78, 5) is 32.8. The molecule has 33 heavy (non-hydrogen) atoms. The molecule has 0 N–H and O–H groups in total. The third-order valence-corrected chi connectivity index (χ3v) is 6.40. The van der Waals surface area contributed by atoms with Crippen molar-refractivity contribution in [2.75, 3.05) is 50.5 Å². The quantitative estimate of drug-likeness (QED) is 0.401. The summed E-state index contributed by atoms with van der Waals surface area (Å²) in [6.45, 7) is 5.00. The highest BCUT2D eigenvalue weighted by molar-refractivity contribution is 7.90. The molecular formula is C23H29N3O6S. The highest BCUT2D eigenvalue weighted by Gasteiger charge is 2.22. The van der Waals surface area contributed by atoms with Gasteiger partial charge in [0.05, 0.1) is 23.7 Å². The van der Waals surface area contributed by atoms with Crippen LogP contribution in [0, 0.1) is 0 Å². The van der Waals surface area contributed by atoms with Gasteiger partial charge in [0, 0.05) is 45.1 Å². The molecule has 0 atom stereocenters. The molecule has 1 aromatic heterocycles. The number of esters is 1. The number of pyridine rings is 1. The van der Waals surface area contributed by atoms with E-state index >= 15 is 0 Å². The van der Waals surface area contributed by atoms with Gasteiger partial charge in [-0.05, 0) is 49.7 Å². The fourth-order valence-corrected chi connectivity index (χ4v) is 4.08. The van der Waals surface area contributed by atoms with Gasteiger partial charge in [-0.3, -0.25) is 4.79 Å². The van der Waals surface area contributed by atoms with Gasteiger partial charge in [0.1, 0.15) is 11.6 Å². The fraction of sp³-hybridized carbons (Fsp3) is 0.435. The monoisotopic (exact) mass is 475 g/mol. The maximum atomic E-state index is 12.5. The van der Waals surface area contributed by atoms with Gasteiger partial charge in [-0.15, -0.1) is 0 Å². The van der Waals surface area contributed by atoms with Crippen molar-refractivity contribution in [2.45, 2.75) is 24.7 Å². The summed E-state index contributed by atoms with van der Waals surface area (Å²) in [5.74, 6) is 1.04. The first-order valence-electron chi connectivity index (χ1n) is 10.9. The number of sulfone groups is 1. The summed E-state index contributed by atoms with van der Waals surface area (Å²) in [5.41, 5.74) is 0.419. The lowest BCUT2D eigenvalue weighted by Crippen LogP contribution is -2.49. The number of benzene rings is 1. The maximum Gasteiger partial charge on any atom is 0.339 e. The molecule has 3 rings (SSSR count). The van der Waals surface area contributed by atoms with E-state index in [1.165, 1.54) is 18.3 Å². The zero-order valence-electron chi connectivity index (χ0n) is 18.9. The lowest BCUT2D eigenvalue weighted by atomic mass is 10.2. The van der Waals surface area contributed by atoms with Gasteiger partial charge in [-0.25, -0.2) is 18.2 Å². The van der Waals surface area contributed by atoms with E-state index in [4.69, 9.17) is 9.47 Å². The van der Waals surface area contributed by atoms with E-state index in [-0.39, 0.29) is 16.8 Å². The molecule has 0 radical (unpaired) electrons. The summed E-state index contributed by atoms with van der Waals surface area (Å²) < 4.78 is 33.6. The minimum Gasteiger partial charge on any atom is -0.494 e. The number of carbonyl (C=O) groups is 2. The second kappa shape index (κ2) is 11.1. The van der Waals surface area contributed by atoms with E-state index in [9.17, 15) is 18.0 Å². The predicted molar refractivity (Wildman–Crippen MR) is 123 cm³/mol. The Kier molecular flexibility index (Phi) is 8.26. The molecule has 1 aliphatic rings. The number of amides is 1. The smallest absolute Gasteiger partial charge is 0.339 e. The Morgan fingerprint density at radius 3 is 2.30 bits per heavy atom. The Hall–Kier alpha value is -3.14. The first-order chi connectivity index (χ1) is 15.8. The van der Waals surface area contributed by atoms with Crippen LogP contribution in [-0.2, 0) is 19.4 Å². The van der Waals surface area contributed by atoms with Gasteiger partial charge in [0.25, 0.3) is 0 Å². The molecule has 0 unspecified atom stereocenters. The molecule has 0 spiro atoms. The van der Waals surface area contributed by atoms with Crippen molar-refractivity contribution in [3.63, 3.8) is 0 Å². The van der Waals surface area contributed by atoms with Crippen LogP contribution in [0.1, 0.15) is 30.1 Å². The number of nitrogens with zero attached hydrogens (tertiary/aromatic N) is 3. The van der Waals surface area contributed by atoms with Gasteiger partial charge >= 0.3 is 5.97 Å². The lowest BCUT2D eigenvalue weighted by Gasteiger charge is -2.35. The zero-order chi connectivity index (χ0) is 23.8. The summed E-state index contributed by atoms with van der Waals surface area (Å²) in [6, 6.07) is 9.74. The zero-order valence-corrected chi connectivity index (χ0v) is 19.7. The average Bonchev–Trinajstić information content (AvgIpc) is 2.82. The number of hydrogen-bond acceptors (Lipinski definition) is 8. The van der Waals surface area contributed by atoms with Crippen LogP contribution in [0.25, 0.3) is 0 Å². The highest BCUT2D eigenvalue weighted by Crippen LogP contribution is 2.17. The summed E-state index contributed by atoms with van der Waals surface area (Å²) in [5, 5.41) is 0. The fourth-order valence-electron chi connectivity index (χ4n) is 3.45. The highest BCUT2D eigenvalue weighted by atomic mass is 32.2. The minimum absolute atomic E-state index is 0.0799. The standard InChI is InChI=1S/C23H29N3O6S/c1-3-31-23(28)18-6-11-21(24-17-18)25-12-14-26(15-13-25)22(27)5-4-16-32-19-7-9-20(10-8-19)33(2,29)30/h6-11,17H,3-5,12-16H2,1-2H3. The number of rotatable bonds is 9. The number of piperazine rings is 1. The first-order valence-corrected chi connectivity index (χ1v) is 12.8. The van der Waals surface area contributed by atoms with Gasteiger partial charge in [0.15, 0.2) is 9.84 Å². The Balaban J connectivity index is 1.38. The van der Waals surface area contributed by atoms with Gasteiger partial charge in [0.2, 0.25) is 5.91 Å². The van der Waals surface area contributed by atoms with Crippen LogP contribution >= 0.6 is 0 Å². The normalized spacial score (nSPS) is 14.1. The molecule has 1 aliphatic heterocycles. The van der Waals surface area contributed by atoms with Gasteiger partial charge in [-0.1, -0.05) is 0 Å². The van der Waals surface area contributed by atoms with Gasteiger partial charge < -0.3 is 19.3 Å². The van der Waals surface area contributed by atoms with E-state index in [0.717, 1.165) is 12.1 Å². The average molecular weight is 476 g/mol. The summed E-state index contributed by atoms with van der Waals surface area (Å²) >= 11 is 0. The first kappa shape index (κ1) is 24.5. The molecule has 0 aliphatic carbocycles. The summed E-state index contributed by atoms with van der Waals surface area (Å²) in [7, 11) is -3.23. The molecule has 0 bridgehead atoms. The molecule has 10 heteroatoms. The minimum atomic E-state index is -3.23. The second-order valence-corrected chi connectivity index (χ2v) is 9.70. The number of carbonyl (C=O) groups excluding carboxylic acids is 2. The molecular weight excluding hydrogens is 446 g/mol. The van der Waals surface area contributed by atoms with Crippen molar-refractivity contribution in [1.29, 1.82) is 0 Å². The second-order valence-electron chi connectivity index (χ2n) is 7.69. The van der Waals surface area contributed by atoms with Crippen molar-refractivity contribution in [3.8, 4) is 5.75 Å². The molecule has 1 saturated heterocycles. The molecule has 178 valence electrons. The van der Waals surface area contributed by atoms with Crippen LogP contribution in [-0.4, -0.2) is 75.8 Å². The van der Waals surface area contributed by atoms with Crippen LogP contribution in [0.3, 0.4) is 0 Å². The van der Waals surface area contributed by atoms with Crippen LogP contribution in [0.4, 0.5) is 5.82 Å². The van der Waals surface area contributed by atoms with E-state index < -0.39 is 9.84 Å². The lowest BCUT2D eigenvalue weighted by molar-refractivity contribution is -0.131. The van der Waals surface area contributed by atoms with Crippen molar-refractivity contribution in [1.82, 2.24) is 9.88 Å². The molecule has 1 amide bonds. The van der Waals surface area contributed by atoms with Crippen LogP contribution in [0.15, 0.2) is 47.5 Å². The van der Waals surface area contributed by atoms with Crippen molar-refractivity contribution in [2.24, 2.45) is 0 Å². The predicted octanol–water partition coefficient (Wildman–Crippen LogP) is 2.17. The van der Waals surface area contributed by atoms with Gasteiger partial charge in [-0.2, -0.15) is 0 Å². The Labute approximate surface area is 194 Å². The molecule has 2 heterocycles. The molecule has 1 fully saturated rings. The Morgan fingerprint density at radius 2 is 1.73 bits per heavy atom. The van der Waals surface area contributed by atoms with Crippen molar-refractivity contribution in [3.05, 3.63) is 48.2 Å². The van der Waals surface area contributed by atoms with Crippen LogP contribution in [0.2, 0.25) is 0 Å². The Bertz CT molecular complexity index is 1050. The molecule has 1 aromatic carbocycles. The van der Waals surface area contributed by atoms with Crippen LogP contribution in [0.5, 0.6) is 5.75 Å². The van der Waals surface area contributed by atoms with Crippen LogP contribution < -0.4 is 9.64 Å². The third-order valence-electron chi connectivity index (χ3n) is 5.27. The molecule has 9 nitrogen and oxygen atoms in total. The number of ether oxygens (including phenoxy) is 2. The maximum absolute atomic E-state index is 12.5. The SMILES string of the molecule is CCOC(=O)c1ccc(N2CCN(C(=O)CCCOc3ccc(S(C)(=O)=O)cc3)CC2)nc1. The van der Waals surface area contributed by atoms with E-state index in [1.54, 1.807) is 31.2 Å². The van der Waals surface area contributed by atoms with E-state index in [1.807, 2.05) is 4.90 Å². The third kappa shape index (κ3) is 6.92. The number of aromatic nitrogens is 1. The molecule has 0 saturated carbocycles. The van der Waals surface area contributed by atoms with Crippen molar-refractivity contribution < 1.29 is 27.5 Å². The largest absolute Gasteiger partial charge is 0.494 e. The number of anilines is 1. The topological polar surface area (TPSA) is 106 Å². The summed E-state index contributed by atoms with van der Waals surface area (Å²) in [6.07, 6.45) is 3.63. The Morgan fingerprint density at radius 1 is 1.03 bits per heavy atom. The van der Waals surface area contributed by atoms with E-state index in [0.29, 0.717) is 63.5 Å². The molecule has 2 aromatic rings. The van der Waals surface area contributed by atoms with Crippen molar-refractivity contribution >= 4 is 27.5 Å². The number of hydrogen-bond donors (Lipinski definition) is 0. The van der Waals surface area contributed by atoms with E-state index in [2.05, 4.69) is 9.88 Å².